The first-order chi connectivity index (χ1) is 10.8. The number of carbonyl (C=O) groups is 1. The second kappa shape index (κ2) is 6.36. The van der Waals surface area contributed by atoms with E-state index in [2.05, 4.69) is 27.6 Å². The molecule has 2 aliphatic rings. The maximum atomic E-state index is 12.1. The average molecular weight is 464 g/mol. The van der Waals surface area contributed by atoms with Crippen LogP contribution in [0.1, 0.15) is 13.8 Å². The molecule has 23 heavy (non-hydrogen) atoms. The van der Waals surface area contributed by atoms with Crippen molar-refractivity contribution < 1.29 is 13.2 Å². The van der Waals surface area contributed by atoms with E-state index in [1.165, 1.54) is 11.8 Å². The van der Waals surface area contributed by atoms with Gasteiger partial charge in [-0.25, -0.2) is 8.42 Å². The number of nitrogens with zero attached hydrogens (tertiary/aromatic N) is 2. The number of para-hydroxylation sites is 1. The van der Waals surface area contributed by atoms with E-state index in [1.807, 2.05) is 43.0 Å². The number of benzene rings is 1. The van der Waals surface area contributed by atoms with Gasteiger partial charge in [0, 0.05) is 14.7 Å². The third-order valence-electron chi connectivity index (χ3n) is 3.88. The maximum absolute atomic E-state index is 12.1. The summed E-state index contributed by atoms with van der Waals surface area (Å²) < 4.78 is 25.0. The van der Waals surface area contributed by atoms with Crippen molar-refractivity contribution >= 4 is 61.0 Å². The largest absolute Gasteiger partial charge is 0.315 e. The molecule has 2 atom stereocenters. The lowest BCUT2D eigenvalue weighted by Crippen LogP contribution is -2.38. The van der Waals surface area contributed by atoms with Crippen molar-refractivity contribution in [2.24, 2.45) is 10.9 Å². The van der Waals surface area contributed by atoms with Crippen molar-refractivity contribution in [3.63, 3.8) is 0 Å². The van der Waals surface area contributed by atoms with Crippen LogP contribution in [0.25, 0.3) is 0 Å². The minimum atomic E-state index is -3.03. The van der Waals surface area contributed by atoms with E-state index in [-0.39, 0.29) is 34.6 Å². The zero-order chi connectivity index (χ0) is 16.8. The van der Waals surface area contributed by atoms with Crippen molar-refractivity contribution in [3.8, 4) is 0 Å². The zero-order valence-electron chi connectivity index (χ0n) is 12.8. The van der Waals surface area contributed by atoms with Crippen LogP contribution in [0.4, 0.5) is 5.69 Å². The summed E-state index contributed by atoms with van der Waals surface area (Å²) in [6, 6.07) is 7.62. The van der Waals surface area contributed by atoms with Crippen LogP contribution in [-0.2, 0) is 14.6 Å². The molecule has 0 N–H and O–H groups in total. The third-order valence-corrected chi connectivity index (χ3v) is 8.00. The number of carbonyl (C=O) groups excluding carboxylic acids is 1. The molecule has 1 aromatic rings. The van der Waals surface area contributed by atoms with Crippen LogP contribution in [0, 0.1) is 9.49 Å². The number of fused-ring (bicyclic) bond motifs is 1. The molecular weight excluding hydrogens is 447 g/mol. The smallest absolute Gasteiger partial charge is 0.250 e. The SMILES string of the molecule is CC(C)C(=O)N=C1SC2CS(=O)(=O)CC2N1c1ccccc1I. The molecule has 2 saturated heterocycles. The van der Waals surface area contributed by atoms with E-state index in [9.17, 15) is 13.2 Å². The van der Waals surface area contributed by atoms with Gasteiger partial charge in [-0.05, 0) is 34.7 Å². The number of amides is 1. The highest BCUT2D eigenvalue weighted by molar-refractivity contribution is 14.1. The van der Waals surface area contributed by atoms with Gasteiger partial charge in [0.2, 0.25) is 0 Å². The normalized spacial score (nSPS) is 27.7. The molecule has 0 aromatic heterocycles. The summed E-state index contributed by atoms with van der Waals surface area (Å²) in [7, 11) is -3.03. The summed E-state index contributed by atoms with van der Waals surface area (Å²) in [5, 5.41) is 0.562. The Kier molecular flexibility index (Phi) is 4.76. The predicted octanol–water partition coefficient (Wildman–Crippen LogP) is 2.55. The highest BCUT2D eigenvalue weighted by atomic mass is 127. The Bertz CT molecular complexity index is 777. The van der Waals surface area contributed by atoms with E-state index in [0.29, 0.717) is 5.17 Å². The standard InChI is InChI=1S/C15H17IN2O3S2/c1-9(2)14(19)17-15-18(11-6-4-3-5-10(11)16)12-7-23(20,21)8-13(12)22-15/h3-6,9,12-13H,7-8H2,1-2H3. The lowest BCUT2D eigenvalue weighted by Gasteiger charge is -2.25. The minimum Gasteiger partial charge on any atom is -0.315 e. The minimum absolute atomic E-state index is 0.0604. The maximum Gasteiger partial charge on any atom is 0.250 e. The van der Waals surface area contributed by atoms with Gasteiger partial charge in [0.25, 0.3) is 5.91 Å². The van der Waals surface area contributed by atoms with Gasteiger partial charge in [-0.1, -0.05) is 37.7 Å². The highest BCUT2D eigenvalue weighted by Crippen LogP contribution is 2.42. The van der Waals surface area contributed by atoms with Crippen LogP contribution < -0.4 is 4.90 Å². The van der Waals surface area contributed by atoms with Crippen molar-refractivity contribution in [2.45, 2.75) is 25.1 Å². The van der Waals surface area contributed by atoms with Crippen LogP contribution in [0.3, 0.4) is 0 Å². The fourth-order valence-electron chi connectivity index (χ4n) is 2.72. The molecule has 0 saturated carbocycles. The molecule has 3 rings (SSSR count). The van der Waals surface area contributed by atoms with Crippen LogP contribution >= 0.6 is 34.4 Å². The molecule has 0 bridgehead atoms. The molecule has 2 unspecified atom stereocenters. The van der Waals surface area contributed by atoms with Gasteiger partial charge in [0.15, 0.2) is 15.0 Å². The molecule has 1 aromatic carbocycles. The molecule has 5 nitrogen and oxygen atoms in total. The van der Waals surface area contributed by atoms with Crippen LogP contribution in [-0.4, -0.2) is 42.3 Å². The van der Waals surface area contributed by atoms with E-state index in [0.717, 1.165) is 9.26 Å². The van der Waals surface area contributed by atoms with Crippen LogP contribution in [0.15, 0.2) is 29.3 Å². The number of aliphatic imine (C=N–C) groups is 1. The van der Waals surface area contributed by atoms with Gasteiger partial charge >= 0.3 is 0 Å². The molecule has 2 aliphatic heterocycles. The Labute approximate surface area is 154 Å². The number of thioether (sulfide) groups is 1. The number of sulfone groups is 1. The molecule has 0 aliphatic carbocycles. The summed E-state index contributed by atoms with van der Waals surface area (Å²) in [6.45, 7) is 3.63. The van der Waals surface area contributed by atoms with Crippen LogP contribution in [0.5, 0.6) is 0 Å². The quantitative estimate of drug-likeness (QED) is 0.630. The first kappa shape index (κ1) is 17.2. The molecule has 0 spiro atoms. The Balaban J connectivity index is 2.05. The van der Waals surface area contributed by atoms with Crippen LogP contribution in [0.2, 0.25) is 0 Å². The van der Waals surface area contributed by atoms with Gasteiger partial charge in [-0.2, -0.15) is 4.99 Å². The Morgan fingerprint density at radius 2 is 2.04 bits per heavy atom. The van der Waals surface area contributed by atoms with Crippen molar-refractivity contribution in [3.05, 3.63) is 27.8 Å². The molecule has 8 heteroatoms. The third kappa shape index (κ3) is 3.43. The topological polar surface area (TPSA) is 66.8 Å². The first-order valence-electron chi connectivity index (χ1n) is 7.32. The van der Waals surface area contributed by atoms with E-state index >= 15 is 0 Å². The van der Waals surface area contributed by atoms with Crippen molar-refractivity contribution in [1.82, 2.24) is 0 Å². The van der Waals surface area contributed by atoms with Gasteiger partial charge < -0.3 is 4.90 Å². The monoisotopic (exact) mass is 464 g/mol. The fraction of sp³-hybridized carbons (Fsp3) is 0.467. The lowest BCUT2D eigenvalue weighted by atomic mass is 10.2. The van der Waals surface area contributed by atoms with E-state index in [1.54, 1.807) is 0 Å². The van der Waals surface area contributed by atoms with Gasteiger partial charge in [-0.3, -0.25) is 4.79 Å². The lowest BCUT2D eigenvalue weighted by molar-refractivity contribution is -0.120. The number of anilines is 1. The number of hydrogen-bond donors (Lipinski definition) is 0. The van der Waals surface area contributed by atoms with Gasteiger partial charge in [-0.15, -0.1) is 0 Å². The number of halogens is 1. The number of rotatable bonds is 2. The number of amidine groups is 1. The van der Waals surface area contributed by atoms with Gasteiger partial charge in [0.05, 0.1) is 23.2 Å². The summed E-state index contributed by atoms with van der Waals surface area (Å²) in [5.41, 5.74) is 0.917. The second-order valence-corrected chi connectivity index (χ2v) is 10.5. The predicted molar refractivity (Wildman–Crippen MR) is 103 cm³/mol. The van der Waals surface area contributed by atoms with E-state index in [4.69, 9.17) is 0 Å². The summed E-state index contributed by atoms with van der Waals surface area (Å²) in [5.74, 6) is -0.0861. The fourth-order valence-corrected chi connectivity index (χ4v) is 7.28. The summed E-state index contributed by atoms with van der Waals surface area (Å²) in [6.07, 6.45) is 0. The molecule has 2 fully saturated rings. The Hall–Kier alpha value is -0.610. The van der Waals surface area contributed by atoms with Crippen molar-refractivity contribution in [1.29, 1.82) is 0 Å². The molecule has 1 amide bonds. The highest BCUT2D eigenvalue weighted by Gasteiger charge is 2.49. The average Bonchev–Trinajstić information content (AvgIpc) is 2.91. The van der Waals surface area contributed by atoms with E-state index < -0.39 is 9.84 Å². The summed E-state index contributed by atoms with van der Waals surface area (Å²) in [4.78, 5) is 18.3. The van der Waals surface area contributed by atoms with Gasteiger partial charge in [0.1, 0.15) is 0 Å². The Morgan fingerprint density at radius 1 is 1.35 bits per heavy atom. The zero-order valence-corrected chi connectivity index (χ0v) is 16.6. The molecule has 124 valence electrons. The second-order valence-electron chi connectivity index (χ2n) is 6.01. The first-order valence-corrected chi connectivity index (χ1v) is 11.1. The molecule has 2 heterocycles. The molecule has 0 radical (unpaired) electrons. The molecular formula is C15H17IN2O3S2. The number of hydrogen-bond acceptors (Lipinski definition) is 4. The van der Waals surface area contributed by atoms with Crippen molar-refractivity contribution in [2.75, 3.05) is 16.4 Å². The Morgan fingerprint density at radius 3 is 2.70 bits per heavy atom. The summed E-state index contributed by atoms with van der Waals surface area (Å²) >= 11 is 3.64.